The lowest BCUT2D eigenvalue weighted by Gasteiger charge is -2.01. The molecule has 1 N–H and O–H groups in total. The number of aromatic nitrogens is 2. The molecule has 5 nitrogen and oxygen atoms in total. The minimum atomic E-state index is -0.990. The van der Waals surface area contributed by atoms with Gasteiger partial charge in [-0.05, 0) is 17.7 Å². The average Bonchev–Trinajstić information content (AvgIpc) is 2.79. The first-order valence-electron chi connectivity index (χ1n) is 4.94. The lowest BCUT2D eigenvalue weighted by molar-refractivity contribution is 0.0697. The van der Waals surface area contributed by atoms with E-state index in [0.717, 1.165) is 5.56 Å². The Morgan fingerprint density at radius 1 is 1.41 bits per heavy atom. The van der Waals surface area contributed by atoms with Gasteiger partial charge in [0.1, 0.15) is 0 Å². The summed E-state index contributed by atoms with van der Waals surface area (Å²) in [6.07, 6.45) is 2.78. The molecule has 1 aromatic carbocycles. The van der Waals surface area contributed by atoms with Crippen LogP contribution in [0.1, 0.15) is 21.5 Å². The first kappa shape index (κ1) is 10.9. The van der Waals surface area contributed by atoms with Crippen molar-refractivity contribution < 1.29 is 9.90 Å². The van der Waals surface area contributed by atoms with Crippen LogP contribution in [0.25, 0.3) is 0 Å². The summed E-state index contributed by atoms with van der Waals surface area (Å²) in [6.45, 7) is 0.485. The fraction of sp³-hybridized carbons (Fsp3) is 0.0833. The summed E-state index contributed by atoms with van der Waals surface area (Å²) in [4.78, 5) is 10.7. The van der Waals surface area contributed by atoms with E-state index in [4.69, 9.17) is 10.4 Å². The molecule has 0 amide bonds. The molecule has 5 heteroatoms. The maximum Gasteiger partial charge on any atom is 0.338 e. The van der Waals surface area contributed by atoms with Crippen LogP contribution in [0.5, 0.6) is 0 Å². The van der Waals surface area contributed by atoms with Crippen molar-refractivity contribution in [2.75, 3.05) is 0 Å². The molecule has 17 heavy (non-hydrogen) atoms. The summed E-state index contributed by atoms with van der Waals surface area (Å²) in [7, 11) is 0. The van der Waals surface area contributed by atoms with Crippen LogP contribution >= 0.6 is 0 Å². The summed E-state index contributed by atoms with van der Waals surface area (Å²) in [6, 6.07) is 9.12. The average molecular weight is 227 g/mol. The van der Waals surface area contributed by atoms with Gasteiger partial charge in [-0.1, -0.05) is 12.1 Å². The minimum absolute atomic E-state index is 0.165. The summed E-state index contributed by atoms with van der Waals surface area (Å²) in [5.74, 6) is -0.990. The van der Waals surface area contributed by atoms with Gasteiger partial charge in [0.05, 0.1) is 29.9 Å². The number of rotatable bonds is 3. The van der Waals surface area contributed by atoms with Gasteiger partial charge in [-0.2, -0.15) is 10.4 Å². The van der Waals surface area contributed by atoms with Crippen molar-refractivity contribution in [1.82, 2.24) is 9.78 Å². The quantitative estimate of drug-likeness (QED) is 0.861. The first-order valence-corrected chi connectivity index (χ1v) is 4.94. The Labute approximate surface area is 97.5 Å². The highest BCUT2D eigenvalue weighted by atomic mass is 16.4. The van der Waals surface area contributed by atoms with E-state index in [1.807, 2.05) is 18.2 Å². The van der Waals surface area contributed by atoms with Crippen molar-refractivity contribution in [1.29, 1.82) is 5.26 Å². The zero-order valence-corrected chi connectivity index (χ0v) is 8.87. The largest absolute Gasteiger partial charge is 0.478 e. The third-order valence-corrected chi connectivity index (χ3v) is 2.31. The minimum Gasteiger partial charge on any atom is -0.478 e. The number of hydrogen-bond donors (Lipinski definition) is 1. The number of carboxylic acids is 1. The van der Waals surface area contributed by atoms with Crippen molar-refractivity contribution in [2.45, 2.75) is 6.54 Å². The predicted molar refractivity (Wildman–Crippen MR) is 59.4 cm³/mol. The highest BCUT2D eigenvalue weighted by Gasteiger charge is 2.05. The molecule has 2 aromatic rings. The van der Waals surface area contributed by atoms with Gasteiger partial charge in [0.15, 0.2) is 0 Å². The fourth-order valence-corrected chi connectivity index (χ4v) is 1.43. The van der Waals surface area contributed by atoms with E-state index < -0.39 is 5.97 Å². The first-order chi connectivity index (χ1) is 8.19. The molecule has 1 heterocycles. The van der Waals surface area contributed by atoms with E-state index >= 15 is 0 Å². The number of benzene rings is 1. The van der Waals surface area contributed by atoms with Gasteiger partial charge in [0.25, 0.3) is 0 Å². The smallest absolute Gasteiger partial charge is 0.338 e. The Hall–Kier alpha value is -2.61. The monoisotopic (exact) mass is 227 g/mol. The summed E-state index contributed by atoms with van der Waals surface area (Å²) >= 11 is 0. The van der Waals surface area contributed by atoms with Gasteiger partial charge in [-0.3, -0.25) is 4.68 Å². The lowest BCUT2D eigenvalue weighted by Crippen LogP contribution is -2.00. The molecule has 84 valence electrons. The van der Waals surface area contributed by atoms with E-state index in [-0.39, 0.29) is 5.56 Å². The van der Waals surface area contributed by atoms with Crippen molar-refractivity contribution in [3.63, 3.8) is 0 Å². The summed E-state index contributed by atoms with van der Waals surface area (Å²) in [5.41, 5.74) is 1.73. The molecule has 0 fully saturated rings. The van der Waals surface area contributed by atoms with Gasteiger partial charge < -0.3 is 5.11 Å². The van der Waals surface area contributed by atoms with Gasteiger partial charge in [-0.15, -0.1) is 0 Å². The molecular weight excluding hydrogens is 218 g/mol. The molecule has 0 aliphatic heterocycles. The second-order valence-corrected chi connectivity index (χ2v) is 3.54. The topological polar surface area (TPSA) is 78.9 Å². The normalized spacial score (nSPS) is 9.82. The molecule has 0 saturated heterocycles. The molecular formula is C12H9N3O2. The standard InChI is InChI=1S/C12H9N3O2/c13-5-9-1-3-10(4-2-9)7-15-8-11(6-14-15)12(16)17/h1-4,6,8H,7H2,(H,16,17). The van der Waals surface area contributed by atoms with Gasteiger partial charge in [0, 0.05) is 6.20 Å². The zero-order valence-electron chi connectivity index (χ0n) is 8.87. The Morgan fingerprint density at radius 2 is 2.12 bits per heavy atom. The van der Waals surface area contributed by atoms with E-state index in [1.165, 1.54) is 12.4 Å². The van der Waals surface area contributed by atoms with Crippen LogP contribution in [-0.2, 0) is 6.54 Å². The van der Waals surface area contributed by atoms with Crippen molar-refractivity contribution in [2.24, 2.45) is 0 Å². The molecule has 2 rings (SSSR count). The van der Waals surface area contributed by atoms with Crippen LogP contribution in [0.15, 0.2) is 36.7 Å². The Balaban J connectivity index is 2.14. The van der Waals surface area contributed by atoms with Crippen LogP contribution in [-0.4, -0.2) is 20.9 Å². The fourth-order valence-electron chi connectivity index (χ4n) is 1.43. The Bertz CT molecular complexity index is 579. The van der Waals surface area contributed by atoms with Crippen molar-refractivity contribution in [3.8, 4) is 6.07 Å². The van der Waals surface area contributed by atoms with E-state index in [1.54, 1.807) is 16.8 Å². The van der Waals surface area contributed by atoms with E-state index in [0.29, 0.717) is 12.1 Å². The highest BCUT2D eigenvalue weighted by Crippen LogP contribution is 2.06. The lowest BCUT2D eigenvalue weighted by atomic mass is 10.1. The van der Waals surface area contributed by atoms with Crippen LogP contribution in [0.2, 0.25) is 0 Å². The molecule has 0 atom stereocenters. The molecule has 1 aromatic heterocycles. The number of aromatic carboxylic acids is 1. The molecule has 0 saturated carbocycles. The molecule has 0 aliphatic carbocycles. The van der Waals surface area contributed by atoms with Crippen molar-refractivity contribution >= 4 is 5.97 Å². The molecule has 0 spiro atoms. The molecule has 0 unspecified atom stereocenters. The number of nitrogens with zero attached hydrogens (tertiary/aromatic N) is 3. The molecule has 0 bridgehead atoms. The molecule has 0 aliphatic rings. The number of nitriles is 1. The van der Waals surface area contributed by atoms with Crippen LogP contribution in [0.4, 0.5) is 0 Å². The number of hydrogen-bond acceptors (Lipinski definition) is 3. The zero-order chi connectivity index (χ0) is 12.3. The van der Waals surface area contributed by atoms with E-state index in [9.17, 15) is 4.79 Å². The number of carbonyl (C=O) groups is 1. The maximum absolute atomic E-state index is 10.7. The highest BCUT2D eigenvalue weighted by molar-refractivity contribution is 5.86. The summed E-state index contributed by atoms with van der Waals surface area (Å²) < 4.78 is 1.55. The van der Waals surface area contributed by atoms with Gasteiger partial charge in [0.2, 0.25) is 0 Å². The second-order valence-electron chi connectivity index (χ2n) is 3.54. The second kappa shape index (κ2) is 4.49. The SMILES string of the molecule is N#Cc1ccc(Cn2cc(C(=O)O)cn2)cc1. The summed E-state index contributed by atoms with van der Waals surface area (Å²) in [5, 5.41) is 21.3. The molecule has 0 radical (unpaired) electrons. The third kappa shape index (κ3) is 2.49. The van der Waals surface area contributed by atoms with Crippen LogP contribution < -0.4 is 0 Å². The Kier molecular flexibility index (Phi) is 2.88. The number of carboxylic acid groups (broad SMARTS) is 1. The van der Waals surface area contributed by atoms with Gasteiger partial charge >= 0.3 is 5.97 Å². The van der Waals surface area contributed by atoms with Crippen LogP contribution in [0.3, 0.4) is 0 Å². The van der Waals surface area contributed by atoms with Crippen molar-refractivity contribution in [3.05, 3.63) is 53.3 Å². The maximum atomic E-state index is 10.7. The van der Waals surface area contributed by atoms with Gasteiger partial charge in [-0.25, -0.2) is 4.79 Å². The van der Waals surface area contributed by atoms with E-state index in [2.05, 4.69) is 5.10 Å². The predicted octanol–water partition coefficient (Wildman–Crippen LogP) is 1.50. The Morgan fingerprint density at radius 3 is 2.65 bits per heavy atom. The third-order valence-electron chi connectivity index (χ3n) is 2.31. The van der Waals surface area contributed by atoms with Crippen LogP contribution in [0, 0.1) is 11.3 Å².